The first-order valence-electron chi connectivity index (χ1n) is 5.89. The van der Waals surface area contributed by atoms with Gasteiger partial charge in [-0.2, -0.15) is 0 Å². The topological polar surface area (TPSA) is 3.24 Å². The predicted molar refractivity (Wildman–Crippen MR) is 65.3 cm³/mol. The van der Waals surface area contributed by atoms with E-state index in [0.29, 0.717) is 0 Å². The molecule has 0 aromatic heterocycles. The van der Waals surface area contributed by atoms with Crippen molar-refractivity contribution in [2.24, 2.45) is 5.92 Å². The first-order chi connectivity index (χ1) is 6.20. The van der Waals surface area contributed by atoms with Gasteiger partial charge in [0.05, 0.1) is 0 Å². The minimum absolute atomic E-state index is 0.856. The smallest absolute Gasteiger partial charge is 0.000375 e. The maximum absolute atomic E-state index is 2.36. The summed E-state index contributed by atoms with van der Waals surface area (Å²) in [6.07, 6.45) is 1.30. The van der Waals surface area contributed by atoms with Crippen molar-refractivity contribution >= 4 is 0 Å². The van der Waals surface area contributed by atoms with Crippen molar-refractivity contribution in [2.45, 2.75) is 54.9 Å². The van der Waals surface area contributed by atoms with Gasteiger partial charge in [0.15, 0.2) is 0 Å². The summed E-state index contributed by atoms with van der Waals surface area (Å²) in [5.74, 6) is 0.856. The van der Waals surface area contributed by atoms with E-state index < -0.39 is 0 Å². The van der Waals surface area contributed by atoms with Gasteiger partial charge < -0.3 is 4.90 Å². The average molecular weight is 189 g/mol. The third-order valence-corrected chi connectivity index (χ3v) is 1.86. The molecular weight excluding hydrogens is 158 g/mol. The van der Waals surface area contributed by atoms with Crippen LogP contribution < -0.4 is 0 Å². The van der Waals surface area contributed by atoms with Gasteiger partial charge in [-0.3, -0.25) is 0 Å². The van der Waals surface area contributed by atoms with Gasteiger partial charge in [0.1, 0.15) is 0 Å². The molecule has 0 spiro atoms. The number of hydrogen-bond acceptors (Lipinski definition) is 1. The zero-order valence-corrected chi connectivity index (χ0v) is 11.1. The van der Waals surface area contributed by atoms with Crippen LogP contribution in [0.25, 0.3) is 0 Å². The Bertz CT molecular complexity index is 54.1. The van der Waals surface area contributed by atoms with Gasteiger partial charge >= 0.3 is 0 Å². The van der Waals surface area contributed by atoms with E-state index in [4.69, 9.17) is 0 Å². The van der Waals surface area contributed by atoms with Crippen LogP contribution in [0.2, 0.25) is 0 Å². The Hall–Kier alpha value is -0.0400. The fourth-order valence-corrected chi connectivity index (χ4v) is 0.790. The maximum Gasteiger partial charge on any atom is 0.000375 e. The summed E-state index contributed by atoms with van der Waals surface area (Å²) in [5, 5.41) is 0. The fraction of sp³-hybridized carbons (Fsp3) is 1.00. The molecule has 0 amide bonds. The summed E-state index contributed by atoms with van der Waals surface area (Å²) < 4.78 is 0. The van der Waals surface area contributed by atoms with E-state index in [1.54, 1.807) is 0 Å². The van der Waals surface area contributed by atoms with Crippen LogP contribution in [0.3, 0.4) is 0 Å². The fourth-order valence-electron chi connectivity index (χ4n) is 0.790. The number of rotatable bonds is 4. The molecule has 0 rings (SSSR count). The quantitative estimate of drug-likeness (QED) is 0.645. The molecule has 0 fully saturated rings. The Labute approximate surface area is 86.5 Å². The van der Waals surface area contributed by atoms with Crippen molar-refractivity contribution in [3.8, 4) is 0 Å². The van der Waals surface area contributed by atoms with E-state index in [0.717, 1.165) is 5.92 Å². The first-order valence-corrected chi connectivity index (χ1v) is 5.89. The lowest BCUT2D eigenvalue weighted by Crippen LogP contribution is -2.23. The Morgan fingerprint density at radius 3 is 1.62 bits per heavy atom. The minimum Gasteiger partial charge on any atom is -0.306 e. The maximum atomic E-state index is 2.36. The molecule has 13 heavy (non-hydrogen) atoms. The molecule has 84 valence electrons. The largest absolute Gasteiger partial charge is 0.306 e. The van der Waals surface area contributed by atoms with E-state index in [1.807, 2.05) is 27.7 Å². The van der Waals surface area contributed by atoms with Gasteiger partial charge in [-0.25, -0.2) is 0 Å². The van der Waals surface area contributed by atoms with Crippen LogP contribution in [0.5, 0.6) is 0 Å². The summed E-state index contributed by atoms with van der Waals surface area (Å²) in [5.41, 5.74) is 0. The molecule has 0 N–H and O–H groups in total. The van der Waals surface area contributed by atoms with Crippen LogP contribution in [-0.4, -0.2) is 25.0 Å². The average Bonchev–Trinajstić information content (AvgIpc) is 2.23. The van der Waals surface area contributed by atoms with E-state index in [2.05, 4.69) is 32.7 Å². The van der Waals surface area contributed by atoms with Gasteiger partial charge in [-0.05, 0) is 19.5 Å². The molecule has 0 radical (unpaired) electrons. The summed E-state index contributed by atoms with van der Waals surface area (Å²) in [6.45, 7) is 17.2. The molecule has 1 atom stereocenters. The second kappa shape index (κ2) is 17.9. The van der Waals surface area contributed by atoms with E-state index in [9.17, 15) is 0 Å². The van der Waals surface area contributed by atoms with E-state index in [1.165, 1.54) is 19.5 Å². The summed E-state index contributed by atoms with van der Waals surface area (Å²) in [4.78, 5) is 2.36. The molecule has 1 heteroatoms. The molecule has 0 aromatic carbocycles. The van der Waals surface area contributed by atoms with Gasteiger partial charge in [0, 0.05) is 6.54 Å². The Morgan fingerprint density at radius 1 is 1.00 bits per heavy atom. The summed E-state index contributed by atoms with van der Waals surface area (Å²) >= 11 is 0. The van der Waals surface area contributed by atoms with E-state index in [-0.39, 0.29) is 0 Å². The zero-order valence-electron chi connectivity index (χ0n) is 11.1. The second-order valence-electron chi connectivity index (χ2n) is 2.87. The van der Waals surface area contributed by atoms with Crippen molar-refractivity contribution < 1.29 is 0 Å². The van der Waals surface area contributed by atoms with Gasteiger partial charge in [-0.15, -0.1) is 0 Å². The lowest BCUT2D eigenvalue weighted by Gasteiger charge is -2.17. The molecule has 0 heterocycles. The highest BCUT2D eigenvalue weighted by atomic mass is 15.1. The lowest BCUT2D eigenvalue weighted by atomic mass is 10.1. The van der Waals surface area contributed by atoms with Gasteiger partial charge in [0.2, 0.25) is 0 Å². The highest BCUT2D eigenvalue weighted by molar-refractivity contribution is 4.54. The first kappa shape index (κ1) is 18.7. The number of nitrogens with zero attached hydrogens (tertiary/aromatic N) is 1. The van der Waals surface area contributed by atoms with Crippen molar-refractivity contribution in [1.29, 1.82) is 0 Å². The molecular formula is C12H31N. The van der Waals surface area contributed by atoms with Crippen LogP contribution in [0.15, 0.2) is 0 Å². The molecule has 0 aliphatic carbocycles. The highest BCUT2D eigenvalue weighted by Crippen LogP contribution is 2.01. The molecule has 1 nitrogen and oxygen atoms in total. The molecule has 0 unspecified atom stereocenters. The minimum atomic E-state index is 0.856. The molecule has 0 aliphatic heterocycles. The van der Waals surface area contributed by atoms with Gasteiger partial charge in [-0.1, -0.05) is 54.9 Å². The van der Waals surface area contributed by atoms with Crippen LogP contribution >= 0.6 is 0 Å². The van der Waals surface area contributed by atoms with Crippen LogP contribution in [0, 0.1) is 5.92 Å². The Balaban J connectivity index is -0.000000218. The molecule has 0 aliphatic rings. The van der Waals surface area contributed by atoms with Crippen molar-refractivity contribution in [1.82, 2.24) is 4.90 Å². The third-order valence-electron chi connectivity index (χ3n) is 1.86. The third kappa shape index (κ3) is 18.7. The van der Waals surface area contributed by atoms with Crippen LogP contribution in [0.1, 0.15) is 54.9 Å². The van der Waals surface area contributed by atoms with E-state index >= 15 is 0 Å². The summed E-state index contributed by atoms with van der Waals surface area (Å²) in [7, 11) is 2.17. The monoisotopic (exact) mass is 189 g/mol. The Kier molecular flexibility index (Phi) is 25.7. The number of hydrogen-bond donors (Lipinski definition) is 0. The van der Waals surface area contributed by atoms with Crippen LogP contribution in [0.4, 0.5) is 0 Å². The molecule has 0 saturated carbocycles. The highest BCUT2D eigenvalue weighted by Gasteiger charge is 2.00. The molecule has 0 bridgehead atoms. The Morgan fingerprint density at radius 2 is 1.38 bits per heavy atom. The SMILES string of the molecule is CC.CC.CC[C@H](C)CN(C)CC. The molecule has 0 saturated heterocycles. The second-order valence-corrected chi connectivity index (χ2v) is 2.87. The molecule has 0 aromatic rings. The normalized spacial score (nSPS) is 10.8. The van der Waals surface area contributed by atoms with Crippen molar-refractivity contribution in [3.63, 3.8) is 0 Å². The zero-order chi connectivity index (χ0) is 11.3. The standard InChI is InChI=1S/C8H19N.2C2H6/c1-5-8(3)7-9(4)6-2;2*1-2/h8H,5-7H2,1-4H3;2*1-2H3/t8-;;/m0../s1. The lowest BCUT2D eigenvalue weighted by molar-refractivity contribution is 0.295. The predicted octanol–water partition coefficient (Wildman–Crippen LogP) is 4.04. The summed E-state index contributed by atoms with van der Waals surface area (Å²) in [6, 6.07) is 0. The van der Waals surface area contributed by atoms with Crippen molar-refractivity contribution in [3.05, 3.63) is 0 Å². The van der Waals surface area contributed by atoms with Crippen molar-refractivity contribution in [2.75, 3.05) is 20.1 Å². The van der Waals surface area contributed by atoms with Crippen LogP contribution in [-0.2, 0) is 0 Å². The van der Waals surface area contributed by atoms with Gasteiger partial charge in [0.25, 0.3) is 0 Å².